The lowest BCUT2D eigenvalue weighted by Gasteiger charge is -2.09. The average molecular weight is 237 g/mol. The first-order chi connectivity index (χ1) is 8.90. The summed E-state index contributed by atoms with van der Waals surface area (Å²) in [5, 5.41) is 0.989. The van der Waals surface area contributed by atoms with E-state index in [1.165, 1.54) is 0 Å². The lowest BCUT2D eigenvalue weighted by Crippen LogP contribution is -1.95. The number of hydrogen-bond donors (Lipinski definition) is 0. The summed E-state index contributed by atoms with van der Waals surface area (Å²) >= 11 is 0. The van der Waals surface area contributed by atoms with Gasteiger partial charge in [-0.2, -0.15) is 0 Å². The molecule has 2 heterocycles. The van der Waals surface area contributed by atoms with Crippen molar-refractivity contribution < 1.29 is 4.74 Å². The van der Waals surface area contributed by atoms with Gasteiger partial charge in [0.25, 0.3) is 0 Å². The van der Waals surface area contributed by atoms with Crippen molar-refractivity contribution in [2.45, 2.75) is 0 Å². The van der Waals surface area contributed by atoms with E-state index in [4.69, 9.17) is 4.74 Å². The molecule has 0 spiro atoms. The van der Waals surface area contributed by atoms with Gasteiger partial charge in [0, 0.05) is 17.8 Å². The molecule has 18 heavy (non-hydrogen) atoms. The van der Waals surface area contributed by atoms with E-state index >= 15 is 0 Å². The van der Waals surface area contributed by atoms with Crippen molar-refractivity contribution in [3.63, 3.8) is 0 Å². The number of aromatic nitrogens is 3. The lowest BCUT2D eigenvalue weighted by molar-refractivity contribution is 0.415. The zero-order valence-electron chi connectivity index (χ0n) is 9.87. The normalized spacial score (nSPS) is 10.5. The molecule has 0 aliphatic carbocycles. The number of methoxy groups -OCH3 is 1. The molecule has 0 N–H and O–H groups in total. The summed E-state index contributed by atoms with van der Waals surface area (Å²) in [6.45, 7) is 0. The largest absolute Gasteiger partial charge is 0.494 e. The molecule has 0 fully saturated rings. The molecule has 4 nitrogen and oxygen atoms in total. The third-order valence-corrected chi connectivity index (χ3v) is 2.75. The molecule has 2 aromatic heterocycles. The van der Waals surface area contributed by atoms with Gasteiger partial charge in [0.05, 0.1) is 24.4 Å². The Balaban J connectivity index is 2.38. The van der Waals surface area contributed by atoms with Crippen molar-refractivity contribution in [1.82, 2.24) is 15.0 Å². The second kappa shape index (κ2) is 4.41. The number of benzene rings is 1. The molecule has 3 rings (SSSR count). The topological polar surface area (TPSA) is 47.9 Å². The van der Waals surface area contributed by atoms with Gasteiger partial charge in [-0.15, -0.1) is 0 Å². The number of rotatable bonds is 2. The molecular formula is C14H11N3O. The Kier molecular flexibility index (Phi) is 2.61. The van der Waals surface area contributed by atoms with E-state index in [2.05, 4.69) is 15.0 Å². The molecule has 0 amide bonds. The Bertz CT molecular complexity index is 683. The van der Waals surface area contributed by atoms with E-state index in [9.17, 15) is 0 Å². The highest BCUT2D eigenvalue weighted by atomic mass is 16.5. The van der Waals surface area contributed by atoms with Gasteiger partial charge in [-0.05, 0) is 12.1 Å². The first-order valence-corrected chi connectivity index (χ1v) is 5.59. The van der Waals surface area contributed by atoms with Crippen LogP contribution in [0, 0.1) is 0 Å². The van der Waals surface area contributed by atoms with Crippen LogP contribution in [-0.2, 0) is 0 Å². The number of nitrogens with zero attached hydrogens (tertiary/aromatic N) is 3. The maximum atomic E-state index is 5.37. The summed E-state index contributed by atoms with van der Waals surface area (Å²) < 4.78 is 5.37. The molecule has 0 atom stereocenters. The smallest absolute Gasteiger partial charge is 0.163 e. The molecule has 0 aliphatic heterocycles. The second-order valence-electron chi connectivity index (χ2n) is 3.79. The Labute approximate surface area is 104 Å². The molecule has 4 heteroatoms. The second-order valence-corrected chi connectivity index (χ2v) is 3.79. The number of pyridine rings is 1. The quantitative estimate of drug-likeness (QED) is 0.687. The molecule has 88 valence electrons. The minimum absolute atomic E-state index is 0.646. The highest BCUT2D eigenvalue weighted by Crippen LogP contribution is 2.33. The zero-order valence-corrected chi connectivity index (χ0v) is 9.87. The summed E-state index contributed by atoms with van der Waals surface area (Å²) in [6.07, 6.45) is 5.14. The van der Waals surface area contributed by atoms with Gasteiger partial charge in [-0.1, -0.05) is 18.2 Å². The molecule has 0 saturated carbocycles. The number of fused-ring (bicyclic) bond motifs is 1. The first kappa shape index (κ1) is 10.7. The van der Waals surface area contributed by atoms with Crippen LogP contribution in [0.2, 0.25) is 0 Å². The number of hydrogen-bond acceptors (Lipinski definition) is 4. The van der Waals surface area contributed by atoms with Crippen LogP contribution in [0.5, 0.6) is 5.75 Å². The van der Waals surface area contributed by atoms with E-state index in [1.807, 2.05) is 24.3 Å². The van der Waals surface area contributed by atoms with Gasteiger partial charge in [0.1, 0.15) is 5.75 Å². The molecule has 0 bridgehead atoms. The van der Waals surface area contributed by atoms with Crippen molar-refractivity contribution in [1.29, 1.82) is 0 Å². The lowest BCUT2D eigenvalue weighted by atomic mass is 10.1. The molecule has 3 aromatic rings. The maximum absolute atomic E-state index is 5.37. The average Bonchev–Trinajstić information content (AvgIpc) is 2.47. The highest BCUT2D eigenvalue weighted by molar-refractivity contribution is 5.95. The first-order valence-electron chi connectivity index (χ1n) is 5.59. The van der Waals surface area contributed by atoms with E-state index < -0.39 is 0 Å². The van der Waals surface area contributed by atoms with Crippen molar-refractivity contribution >= 4 is 10.9 Å². The van der Waals surface area contributed by atoms with Crippen LogP contribution in [0.1, 0.15) is 0 Å². The molecule has 0 unspecified atom stereocenters. The fourth-order valence-electron chi connectivity index (χ4n) is 1.94. The number of ether oxygens (including phenoxy) is 1. The minimum Gasteiger partial charge on any atom is -0.494 e. The van der Waals surface area contributed by atoms with Crippen LogP contribution in [-0.4, -0.2) is 22.1 Å². The maximum Gasteiger partial charge on any atom is 0.163 e. The van der Waals surface area contributed by atoms with Crippen molar-refractivity contribution in [3.05, 3.63) is 48.9 Å². The third-order valence-electron chi connectivity index (χ3n) is 2.75. The van der Waals surface area contributed by atoms with Crippen molar-refractivity contribution in [3.8, 4) is 17.1 Å². The fourth-order valence-corrected chi connectivity index (χ4v) is 1.94. The monoisotopic (exact) mass is 237 g/mol. The summed E-state index contributed by atoms with van der Waals surface area (Å²) in [7, 11) is 1.62. The van der Waals surface area contributed by atoms with Gasteiger partial charge in [-0.3, -0.25) is 4.98 Å². The Morgan fingerprint density at radius 3 is 2.50 bits per heavy atom. The van der Waals surface area contributed by atoms with Crippen LogP contribution in [0.4, 0.5) is 0 Å². The molecule has 1 aromatic carbocycles. The van der Waals surface area contributed by atoms with E-state index in [0.717, 1.165) is 16.5 Å². The van der Waals surface area contributed by atoms with E-state index in [-0.39, 0.29) is 0 Å². The summed E-state index contributed by atoms with van der Waals surface area (Å²) in [5.41, 5.74) is 1.78. The Morgan fingerprint density at radius 1 is 0.944 bits per heavy atom. The van der Waals surface area contributed by atoms with E-state index in [0.29, 0.717) is 11.6 Å². The Hall–Kier alpha value is -2.49. The Morgan fingerprint density at radius 2 is 1.72 bits per heavy atom. The summed E-state index contributed by atoms with van der Waals surface area (Å²) in [6, 6.07) is 9.67. The molecular weight excluding hydrogens is 226 g/mol. The van der Waals surface area contributed by atoms with Gasteiger partial charge < -0.3 is 4.74 Å². The minimum atomic E-state index is 0.646. The van der Waals surface area contributed by atoms with Gasteiger partial charge in [0.15, 0.2) is 5.82 Å². The van der Waals surface area contributed by atoms with Gasteiger partial charge in [0.2, 0.25) is 0 Å². The highest BCUT2D eigenvalue weighted by Gasteiger charge is 2.13. The fraction of sp³-hybridized carbons (Fsp3) is 0.0714. The van der Waals surface area contributed by atoms with Crippen LogP contribution < -0.4 is 4.74 Å². The third kappa shape index (κ3) is 1.68. The predicted octanol–water partition coefficient (Wildman–Crippen LogP) is 2.70. The SMILES string of the molecule is COc1cnc2ccccc2c1-c1ncccn1. The van der Waals surface area contributed by atoms with Gasteiger partial charge >= 0.3 is 0 Å². The summed E-state index contributed by atoms with van der Waals surface area (Å²) in [4.78, 5) is 12.9. The van der Waals surface area contributed by atoms with Crippen LogP contribution >= 0.6 is 0 Å². The predicted molar refractivity (Wildman–Crippen MR) is 69.3 cm³/mol. The summed E-state index contributed by atoms with van der Waals surface area (Å²) in [5.74, 6) is 1.33. The standard InChI is InChI=1S/C14H11N3O/c1-18-12-9-17-11-6-3-2-5-10(11)13(12)14-15-7-4-8-16-14/h2-9H,1H3. The van der Waals surface area contributed by atoms with Crippen LogP contribution in [0.15, 0.2) is 48.9 Å². The molecule has 0 aliphatic rings. The number of para-hydroxylation sites is 1. The van der Waals surface area contributed by atoms with Crippen molar-refractivity contribution in [2.75, 3.05) is 7.11 Å². The zero-order chi connectivity index (χ0) is 12.4. The van der Waals surface area contributed by atoms with Crippen LogP contribution in [0.3, 0.4) is 0 Å². The molecule has 0 radical (unpaired) electrons. The van der Waals surface area contributed by atoms with Crippen LogP contribution in [0.25, 0.3) is 22.3 Å². The van der Waals surface area contributed by atoms with Gasteiger partial charge in [-0.25, -0.2) is 9.97 Å². The van der Waals surface area contributed by atoms with E-state index in [1.54, 1.807) is 31.8 Å². The molecule has 0 saturated heterocycles. The van der Waals surface area contributed by atoms with Crippen molar-refractivity contribution in [2.24, 2.45) is 0 Å².